The fraction of sp³-hybridized carbons (Fsp3) is 0.778. The summed E-state index contributed by atoms with van der Waals surface area (Å²) in [5.74, 6) is -0.195. The summed E-state index contributed by atoms with van der Waals surface area (Å²) in [6.07, 6.45) is 0. The van der Waals surface area contributed by atoms with Crippen LogP contribution in [0.2, 0.25) is 0 Å². The molecule has 0 aromatic heterocycles. The highest BCUT2D eigenvalue weighted by molar-refractivity contribution is 5.97. The number of hydrogen-bond donors (Lipinski definition) is 0. The molecule has 1 aliphatic rings. The Balaban J connectivity index is 2.80. The van der Waals surface area contributed by atoms with Crippen LogP contribution in [-0.4, -0.2) is 41.4 Å². The van der Waals surface area contributed by atoms with Crippen LogP contribution in [-0.2, 0) is 4.79 Å². The van der Waals surface area contributed by atoms with Gasteiger partial charge in [-0.05, 0) is 6.92 Å². The van der Waals surface area contributed by atoms with Crippen LogP contribution in [0.1, 0.15) is 20.8 Å². The van der Waals surface area contributed by atoms with E-state index in [0.717, 1.165) is 0 Å². The Morgan fingerprint density at radius 2 is 2.08 bits per heavy atom. The molecule has 0 aliphatic carbocycles. The van der Waals surface area contributed by atoms with E-state index in [9.17, 15) is 9.59 Å². The number of imide groups is 1. The normalized spacial score (nSPS) is 23.2. The van der Waals surface area contributed by atoms with Crippen LogP contribution in [0.5, 0.6) is 0 Å². The molecule has 0 spiro atoms. The van der Waals surface area contributed by atoms with Crippen LogP contribution >= 0.6 is 0 Å². The summed E-state index contributed by atoms with van der Waals surface area (Å²) >= 11 is 0. The number of rotatable bonds is 1. The number of hydrogen-bond acceptors (Lipinski definition) is 2. The Kier molecular flexibility index (Phi) is 2.59. The SMILES string of the molecule is CC(C)C(=O)N1C(=O)N(C)CC1C. The maximum atomic E-state index is 11.6. The van der Waals surface area contributed by atoms with Crippen molar-refractivity contribution < 1.29 is 9.59 Å². The first kappa shape index (κ1) is 10.0. The minimum atomic E-state index is -0.175. The molecule has 1 saturated heterocycles. The van der Waals surface area contributed by atoms with Crippen LogP contribution in [0.3, 0.4) is 0 Å². The van der Waals surface area contributed by atoms with Gasteiger partial charge < -0.3 is 4.90 Å². The Morgan fingerprint density at radius 1 is 1.54 bits per heavy atom. The molecule has 0 radical (unpaired) electrons. The average Bonchev–Trinajstić information content (AvgIpc) is 2.26. The smallest absolute Gasteiger partial charge is 0.325 e. The fourth-order valence-corrected chi connectivity index (χ4v) is 1.52. The van der Waals surface area contributed by atoms with Gasteiger partial charge in [0.1, 0.15) is 0 Å². The molecule has 1 fully saturated rings. The number of amides is 3. The maximum Gasteiger partial charge on any atom is 0.326 e. The number of carbonyl (C=O) groups excluding carboxylic acids is 2. The van der Waals surface area contributed by atoms with Crippen LogP contribution in [0.4, 0.5) is 4.79 Å². The lowest BCUT2D eigenvalue weighted by Crippen LogP contribution is -2.40. The maximum absolute atomic E-state index is 11.6. The van der Waals surface area contributed by atoms with Crippen molar-refractivity contribution in [2.75, 3.05) is 13.6 Å². The largest absolute Gasteiger partial charge is 0.326 e. The topological polar surface area (TPSA) is 40.6 Å². The number of urea groups is 1. The summed E-state index contributed by atoms with van der Waals surface area (Å²) in [6.45, 7) is 6.14. The van der Waals surface area contributed by atoms with E-state index in [1.54, 1.807) is 25.8 Å². The van der Waals surface area contributed by atoms with Crippen LogP contribution in [0.25, 0.3) is 0 Å². The Hall–Kier alpha value is -1.06. The fourth-order valence-electron chi connectivity index (χ4n) is 1.52. The van der Waals surface area contributed by atoms with Crippen molar-refractivity contribution in [2.45, 2.75) is 26.8 Å². The Labute approximate surface area is 78.5 Å². The van der Waals surface area contributed by atoms with Gasteiger partial charge in [0, 0.05) is 19.5 Å². The highest BCUT2D eigenvalue weighted by Crippen LogP contribution is 2.16. The first-order valence-electron chi connectivity index (χ1n) is 4.53. The van der Waals surface area contributed by atoms with E-state index in [1.165, 1.54) is 4.90 Å². The van der Waals surface area contributed by atoms with Gasteiger partial charge in [0.05, 0.1) is 6.04 Å². The number of carbonyl (C=O) groups is 2. The molecule has 13 heavy (non-hydrogen) atoms. The first-order valence-corrected chi connectivity index (χ1v) is 4.53. The zero-order valence-electron chi connectivity index (χ0n) is 8.57. The molecule has 4 nitrogen and oxygen atoms in total. The van der Waals surface area contributed by atoms with Crippen molar-refractivity contribution in [3.05, 3.63) is 0 Å². The van der Waals surface area contributed by atoms with E-state index < -0.39 is 0 Å². The summed E-state index contributed by atoms with van der Waals surface area (Å²) in [7, 11) is 1.71. The van der Waals surface area contributed by atoms with Gasteiger partial charge in [-0.3, -0.25) is 9.69 Å². The molecule has 0 aromatic carbocycles. The lowest BCUT2D eigenvalue weighted by molar-refractivity contribution is -0.132. The van der Waals surface area contributed by atoms with Crippen LogP contribution < -0.4 is 0 Å². The van der Waals surface area contributed by atoms with Gasteiger partial charge in [-0.15, -0.1) is 0 Å². The third kappa shape index (κ3) is 1.66. The zero-order chi connectivity index (χ0) is 10.2. The van der Waals surface area contributed by atoms with Gasteiger partial charge in [-0.1, -0.05) is 13.8 Å². The van der Waals surface area contributed by atoms with Crippen molar-refractivity contribution in [3.63, 3.8) is 0 Å². The molecule has 0 N–H and O–H groups in total. The van der Waals surface area contributed by atoms with Gasteiger partial charge in [-0.2, -0.15) is 0 Å². The van der Waals surface area contributed by atoms with E-state index in [4.69, 9.17) is 0 Å². The van der Waals surface area contributed by atoms with Crippen LogP contribution in [0.15, 0.2) is 0 Å². The van der Waals surface area contributed by atoms with Gasteiger partial charge in [0.2, 0.25) is 5.91 Å². The lowest BCUT2D eigenvalue weighted by Gasteiger charge is -2.19. The van der Waals surface area contributed by atoms with Crippen molar-refractivity contribution in [1.82, 2.24) is 9.80 Å². The summed E-state index contributed by atoms with van der Waals surface area (Å²) in [4.78, 5) is 26.0. The number of nitrogens with zero attached hydrogens (tertiary/aromatic N) is 2. The standard InChI is InChI=1S/C9H16N2O2/c1-6(2)8(12)11-7(3)5-10(4)9(11)13/h6-7H,5H2,1-4H3. The molecule has 1 rings (SSSR count). The molecule has 1 aliphatic heterocycles. The number of likely N-dealkylation sites (N-methyl/N-ethyl adjacent to an activating group) is 1. The summed E-state index contributed by atoms with van der Waals surface area (Å²) in [5.41, 5.74) is 0. The van der Waals surface area contributed by atoms with Gasteiger partial charge in [0.25, 0.3) is 0 Å². The molecule has 0 bridgehead atoms. The van der Waals surface area contributed by atoms with Crippen molar-refractivity contribution >= 4 is 11.9 Å². The molecule has 74 valence electrons. The molecule has 1 atom stereocenters. The molecule has 3 amide bonds. The average molecular weight is 184 g/mol. The summed E-state index contributed by atoms with van der Waals surface area (Å²) in [6, 6.07) is -0.168. The minimum absolute atomic E-state index is 0.00685. The highest BCUT2D eigenvalue weighted by atomic mass is 16.2. The Morgan fingerprint density at radius 3 is 2.38 bits per heavy atom. The second-order valence-electron chi connectivity index (χ2n) is 3.88. The van der Waals surface area contributed by atoms with Crippen LogP contribution in [0, 0.1) is 5.92 Å². The minimum Gasteiger partial charge on any atom is -0.325 e. The van der Waals surface area contributed by atoms with Gasteiger partial charge >= 0.3 is 6.03 Å². The molecule has 0 aromatic rings. The quantitative estimate of drug-likeness (QED) is 0.608. The van der Waals surface area contributed by atoms with E-state index in [2.05, 4.69) is 0 Å². The van der Waals surface area contributed by atoms with E-state index in [1.807, 2.05) is 6.92 Å². The van der Waals surface area contributed by atoms with E-state index in [-0.39, 0.29) is 23.9 Å². The predicted molar refractivity (Wildman–Crippen MR) is 49.2 cm³/mol. The van der Waals surface area contributed by atoms with Crippen molar-refractivity contribution in [1.29, 1.82) is 0 Å². The van der Waals surface area contributed by atoms with Gasteiger partial charge in [-0.25, -0.2) is 4.79 Å². The van der Waals surface area contributed by atoms with Crippen molar-refractivity contribution in [3.8, 4) is 0 Å². The lowest BCUT2D eigenvalue weighted by atomic mass is 10.2. The van der Waals surface area contributed by atoms with Gasteiger partial charge in [0.15, 0.2) is 0 Å². The second-order valence-corrected chi connectivity index (χ2v) is 3.88. The molecular weight excluding hydrogens is 168 g/mol. The first-order chi connectivity index (χ1) is 5.95. The van der Waals surface area contributed by atoms with Crippen molar-refractivity contribution in [2.24, 2.45) is 5.92 Å². The van der Waals surface area contributed by atoms with E-state index >= 15 is 0 Å². The molecule has 4 heteroatoms. The van der Waals surface area contributed by atoms with E-state index in [0.29, 0.717) is 6.54 Å². The third-order valence-electron chi connectivity index (χ3n) is 2.24. The molecular formula is C9H16N2O2. The molecule has 1 heterocycles. The zero-order valence-corrected chi connectivity index (χ0v) is 8.57. The third-order valence-corrected chi connectivity index (χ3v) is 2.24. The predicted octanol–water partition coefficient (Wildman–Crippen LogP) is 0.925. The highest BCUT2D eigenvalue weighted by Gasteiger charge is 2.37. The monoisotopic (exact) mass is 184 g/mol. The Bertz CT molecular complexity index is 238. The summed E-state index contributed by atoms with van der Waals surface area (Å²) < 4.78 is 0. The second kappa shape index (κ2) is 3.36. The summed E-state index contributed by atoms with van der Waals surface area (Å²) in [5, 5.41) is 0. The molecule has 0 saturated carbocycles. The molecule has 1 unspecified atom stereocenters.